The average Bonchev–Trinajstić information content (AvgIpc) is 2.17. The van der Waals surface area contributed by atoms with E-state index in [4.69, 9.17) is 5.73 Å². The quantitative estimate of drug-likeness (QED) is 0.783. The molecule has 15 heavy (non-hydrogen) atoms. The normalized spacial score (nSPS) is 10.7. The van der Waals surface area contributed by atoms with Crippen molar-refractivity contribution in [3.05, 3.63) is 29.6 Å². The topological polar surface area (TPSA) is 38.0 Å². The van der Waals surface area contributed by atoms with E-state index in [0.717, 1.165) is 17.8 Å². The lowest BCUT2D eigenvalue weighted by atomic mass is 10.1. The smallest absolute Gasteiger partial charge is 0.123 e. The van der Waals surface area contributed by atoms with Gasteiger partial charge in [0.15, 0.2) is 0 Å². The van der Waals surface area contributed by atoms with Crippen LogP contribution in [0.3, 0.4) is 0 Å². The molecule has 0 aliphatic heterocycles. The van der Waals surface area contributed by atoms with Gasteiger partial charge in [-0.05, 0) is 42.6 Å². The van der Waals surface area contributed by atoms with Crippen LogP contribution in [0.2, 0.25) is 0 Å². The molecule has 0 unspecified atom stereocenters. The molecule has 0 saturated carbocycles. The maximum Gasteiger partial charge on any atom is 0.123 e. The highest BCUT2D eigenvalue weighted by atomic mass is 19.1. The summed E-state index contributed by atoms with van der Waals surface area (Å²) in [6, 6.07) is 4.81. The molecule has 0 aliphatic rings. The molecule has 0 atom stereocenters. The standard InChI is InChI=1S/C12H19FN2/c1-9(2)8-15-12-4-3-11(13)7-10(12)5-6-14/h3-4,7,9,15H,5-6,8,14H2,1-2H3. The van der Waals surface area contributed by atoms with Gasteiger partial charge in [0.05, 0.1) is 0 Å². The third kappa shape index (κ3) is 3.88. The van der Waals surface area contributed by atoms with Gasteiger partial charge in [-0.3, -0.25) is 0 Å². The number of anilines is 1. The summed E-state index contributed by atoms with van der Waals surface area (Å²) in [5.41, 5.74) is 7.44. The maximum atomic E-state index is 13.0. The van der Waals surface area contributed by atoms with Crippen LogP contribution < -0.4 is 11.1 Å². The van der Waals surface area contributed by atoms with Crippen molar-refractivity contribution in [2.45, 2.75) is 20.3 Å². The van der Waals surface area contributed by atoms with Gasteiger partial charge in [-0.25, -0.2) is 4.39 Å². The minimum absolute atomic E-state index is 0.200. The van der Waals surface area contributed by atoms with Crippen LogP contribution in [0, 0.1) is 11.7 Å². The van der Waals surface area contributed by atoms with Gasteiger partial charge >= 0.3 is 0 Å². The zero-order chi connectivity index (χ0) is 11.3. The second kappa shape index (κ2) is 5.71. The van der Waals surface area contributed by atoms with Crippen molar-refractivity contribution in [2.75, 3.05) is 18.4 Å². The Hall–Kier alpha value is -1.09. The van der Waals surface area contributed by atoms with Gasteiger partial charge in [0.2, 0.25) is 0 Å². The number of hydrogen-bond acceptors (Lipinski definition) is 2. The second-order valence-electron chi connectivity index (χ2n) is 4.11. The van der Waals surface area contributed by atoms with E-state index in [1.165, 1.54) is 6.07 Å². The second-order valence-corrected chi connectivity index (χ2v) is 4.11. The van der Waals surface area contributed by atoms with Crippen molar-refractivity contribution in [2.24, 2.45) is 11.7 Å². The molecule has 1 rings (SSSR count). The third-order valence-corrected chi connectivity index (χ3v) is 2.18. The summed E-state index contributed by atoms with van der Waals surface area (Å²) in [7, 11) is 0. The molecule has 1 aromatic carbocycles. The first kappa shape index (κ1) is 12.0. The molecule has 2 nitrogen and oxygen atoms in total. The van der Waals surface area contributed by atoms with Gasteiger partial charge in [-0.1, -0.05) is 13.8 Å². The first-order valence-electron chi connectivity index (χ1n) is 5.36. The molecule has 84 valence electrons. The molecule has 0 aromatic heterocycles. The van der Waals surface area contributed by atoms with E-state index in [9.17, 15) is 4.39 Å². The summed E-state index contributed by atoms with van der Waals surface area (Å²) in [5.74, 6) is 0.370. The van der Waals surface area contributed by atoms with Gasteiger partial charge in [-0.15, -0.1) is 0 Å². The summed E-state index contributed by atoms with van der Waals surface area (Å²) in [5, 5.41) is 3.30. The molecular weight excluding hydrogens is 191 g/mol. The monoisotopic (exact) mass is 210 g/mol. The van der Waals surface area contributed by atoms with Crippen molar-refractivity contribution in [1.29, 1.82) is 0 Å². The number of benzene rings is 1. The molecule has 0 heterocycles. The zero-order valence-corrected chi connectivity index (χ0v) is 9.39. The highest BCUT2D eigenvalue weighted by Crippen LogP contribution is 2.17. The fourth-order valence-corrected chi connectivity index (χ4v) is 1.41. The molecule has 0 fully saturated rings. The van der Waals surface area contributed by atoms with Crippen molar-refractivity contribution in [3.8, 4) is 0 Å². The van der Waals surface area contributed by atoms with E-state index in [-0.39, 0.29) is 5.82 Å². The molecular formula is C12H19FN2. The Labute approximate surface area is 90.7 Å². The molecule has 1 aromatic rings. The van der Waals surface area contributed by atoms with Gasteiger partial charge in [0.25, 0.3) is 0 Å². The van der Waals surface area contributed by atoms with Crippen molar-refractivity contribution >= 4 is 5.69 Å². The lowest BCUT2D eigenvalue weighted by Gasteiger charge is -2.13. The Morgan fingerprint density at radius 3 is 2.73 bits per heavy atom. The predicted octanol–water partition coefficient (Wildman–Crippen LogP) is 2.39. The average molecular weight is 210 g/mol. The summed E-state index contributed by atoms with van der Waals surface area (Å²) < 4.78 is 13.0. The summed E-state index contributed by atoms with van der Waals surface area (Å²) >= 11 is 0. The Morgan fingerprint density at radius 2 is 2.13 bits per heavy atom. The molecule has 0 spiro atoms. The van der Waals surface area contributed by atoms with Gasteiger partial charge in [-0.2, -0.15) is 0 Å². The summed E-state index contributed by atoms with van der Waals surface area (Å²) in [4.78, 5) is 0. The fraction of sp³-hybridized carbons (Fsp3) is 0.500. The van der Waals surface area contributed by atoms with E-state index < -0.39 is 0 Å². The van der Waals surface area contributed by atoms with E-state index in [1.54, 1.807) is 12.1 Å². The summed E-state index contributed by atoms with van der Waals surface area (Å²) in [6.07, 6.45) is 0.707. The largest absolute Gasteiger partial charge is 0.385 e. The molecule has 0 saturated heterocycles. The maximum absolute atomic E-state index is 13.0. The molecule has 3 heteroatoms. The zero-order valence-electron chi connectivity index (χ0n) is 9.39. The van der Waals surface area contributed by atoms with Crippen LogP contribution >= 0.6 is 0 Å². The van der Waals surface area contributed by atoms with Crippen LogP contribution in [0.4, 0.5) is 10.1 Å². The lowest BCUT2D eigenvalue weighted by Crippen LogP contribution is -2.11. The molecule has 0 radical (unpaired) electrons. The van der Waals surface area contributed by atoms with Crippen LogP contribution in [0.25, 0.3) is 0 Å². The first-order valence-corrected chi connectivity index (χ1v) is 5.36. The number of rotatable bonds is 5. The van der Waals surface area contributed by atoms with Gasteiger partial charge < -0.3 is 11.1 Å². The number of nitrogens with two attached hydrogens (primary N) is 1. The SMILES string of the molecule is CC(C)CNc1ccc(F)cc1CCN. The lowest BCUT2D eigenvalue weighted by molar-refractivity contribution is 0.625. The van der Waals surface area contributed by atoms with Crippen LogP contribution in [0.5, 0.6) is 0 Å². The van der Waals surface area contributed by atoms with Crippen LogP contribution in [-0.2, 0) is 6.42 Å². The van der Waals surface area contributed by atoms with Crippen molar-refractivity contribution in [3.63, 3.8) is 0 Å². The highest BCUT2D eigenvalue weighted by molar-refractivity contribution is 5.51. The van der Waals surface area contributed by atoms with Crippen LogP contribution in [0.15, 0.2) is 18.2 Å². The van der Waals surface area contributed by atoms with E-state index >= 15 is 0 Å². The predicted molar refractivity (Wildman–Crippen MR) is 62.5 cm³/mol. The van der Waals surface area contributed by atoms with E-state index in [0.29, 0.717) is 18.9 Å². The van der Waals surface area contributed by atoms with E-state index in [2.05, 4.69) is 19.2 Å². The molecule has 0 aliphatic carbocycles. The highest BCUT2D eigenvalue weighted by Gasteiger charge is 2.03. The Kier molecular flexibility index (Phi) is 4.56. The Balaban J connectivity index is 2.76. The minimum atomic E-state index is -0.200. The Morgan fingerprint density at radius 1 is 1.40 bits per heavy atom. The van der Waals surface area contributed by atoms with Crippen LogP contribution in [-0.4, -0.2) is 13.1 Å². The molecule has 0 bridgehead atoms. The molecule has 0 amide bonds. The number of hydrogen-bond donors (Lipinski definition) is 2. The fourth-order valence-electron chi connectivity index (χ4n) is 1.41. The minimum Gasteiger partial charge on any atom is -0.385 e. The number of nitrogens with one attached hydrogen (secondary N) is 1. The van der Waals surface area contributed by atoms with E-state index in [1.807, 2.05) is 0 Å². The van der Waals surface area contributed by atoms with Crippen molar-refractivity contribution in [1.82, 2.24) is 0 Å². The van der Waals surface area contributed by atoms with Crippen molar-refractivity contribution < 1.29 is 4.39 Å². The number of halogens is 1. The first-order chi connectivity index (χ1) is 7.13. The Bertz CT molecular complexity index is 310. The van der Waals surface area contributed by atoms with Gasteiger partial charge in [0, 0.05) is 12.2 Å². The van der Waals surface area contributed by atoms with Crippen LogP contribution in [0.1, 0.15) is 19.4 Å². The van der Waals surface area contributed by atoms with Gasteiger partial charge in [0.1, 0.15) is 5.82 Å². The summed E-state index contributed by atoms with van der Waals surface area (Å²) in [6.45, 7) is 5.71. The molecule has 3 N–H and O–H groups in total. The third-order valence-electron chi connectivity index (χ3n) is 2.18.